The Morgan fingerprint density at radius 2 is 2.19 bits per heavy atom. The molecule has 94 valence electrons. The van der Waals surface area contributed by atoms with Crippen LogP contribution in [0.1, 0.15) is 32.6 Å². The van der Waals surface area contributed by atoms with Crippen molar-refractivity contribution in [2.24, 2.45) is 11.7 Å². The Hall–Kier alpha value is -0.650. The maximum absolute atomic E-state index is 11.5. The second-order valence-corrected chi connectivity index (χ2v) is 4.76. The Bertz CT molecular complexity index is 225. The molecule has 4 atom stereocenters. The summed E-state index contributed by atoms with van der Waals surface area (Å²) in [4.78, 5) is 11.5. The lowest BCUT2D eigenvalue weighted by Crippen LogP contribution is -2.46. The second kappa shape index (κ2) is 6.18. The summed E-state index contributed by atoms with van der Waals surface area (Å²) >= 11 is 0. The van der Waals surface area contributed by atoms with Crippen LogP contribution < -0.4 is 11.1 Å². The first-order valence-corrected chi connectivity index (χ1v) is 5.89. The molecule has 0 spiro atoms. The third-order valence-electron chi connectivity index (χ3n) is 3.01. The largest absolute Gasteiger partial charge is 0.393 e. The van der Waals surface area contributed by atoms with E-state index >= 15 is 0 Å². The molecule has 0 aliphatic heterocycles. The van der Waals surface area contributed by atoms with Crippen molar-refractivity contribution in [3.63, 3.8) is 0 Å². The van der Waals surface area contributed by atoms with Crippen LogP contribution in [0.25, 0.3) is 0 Å². The molecule has 1 amide bonds. The maximum atomic E-state index is 11.5. The van der Waals surface area contributed by atoms with Gasteiger partial charge >= 0.3 is 0 Å². The van der Waals surface area contributed by atoms with Crippen molar-refractivity contribution in [2.45, 2.75) is 50.9 Å². The molecule has 0 aromatic rings. The summed E-state index contributed by atoms with van der Waals surface area (Å²) in [5.74, 6) is 0.0254. The molecule has 0 radical (unpaired) electrons. The number of aliphatic hydroxyl groups is 2. The highest BCUT2D eigenvalue weighted by Crippen LogP contribution is 2.24. The fourth-order valence-corrected chi connectivity index (χ4v) is 2.27. The summed E-state index contributed by atoms with van der Waals surface area (Å²) < 4.78 is 0. The summed E-state index contributed by atoms with van der Waals surface area (Å²) in [6.07, 6.45) is 1.12. The fourth-order valence-electron chi connectivity index (χ4n) is 2.27. The predicted molar refractivity (Wildman–Crippen MR) is 60.6 cm³/mol. The van der Waals surface area contributed by atoms with Gasteiger partial charge in [-0.1, -0.05) is 6.92 Å². The van der Waals surface area contributed by atoms with Gasteiger partial charge in [-0.25, -0.2) is 0 Å². The molecule has 0 saturated heterocycles. The minimum Gasteiger partial charge on any atom is -0.393 e. The van der Waals surface area contributed by atoms with Crippen LogP contribution in [0.2, 0.25) is 0 Å². The van der Waals surface area contributed by atoms with E-state index in [0.717, 1.165) is 12.8 Å². The van der Waals surface area contributed by atoms with Crippen molar-refractivity contribution >= 4 is 5.91 Å². The Labute approximate surface area is 96.0 Å². The number of carbonyl (C=O) groups excluding carboxylic acids is 1. The summed E-state index contributed by atoms with van der Waals surface area (Å²) in [6, 6.07) is -0.0290. The quantitative estimate of drug-likeness (QED) is 0.516. The number of carbonyl (C=O) groups is 1. The summed E-state index contributed by atoms with van der Waals surface area (Å²) in [5.41, 5.74) is 5.26. The fraction of sp³-hybridized carbons (Fsp3) is 0.909. The number of aliphatic hydroxyl groups excluding tert-OH is 2. The van der Waals surface area contributed by atoms with Crippen LogP contribution in [0.4, 0.5) is 0 Å². The molecule has 0 aromatic carbocycles. The van der Waals surface area contributed by atoms with Crippen LogP contribution >= 0.6 is 0 Å². The van der Waals surface area contributed by atoms with Crippen molar-refractivity contribution in [1.29, 1.82) is 0 Å². The van der Waals surface area contributed by atoms with Crippen molar-refractivity contribution in [1.82, 2.24) is 5.32 Å². The van der Waals surface area contributed by atoms with Gasteiger partial charge in [-0.15, -0.1) is 0 Å². The van der Waals surface area contributed by atoms with E-state index in [1.54, 1.807) is 0 Å². The van der Waals surface area contributed by atoms with E-state index in [9.17, 15) is 15.0 Å². The standard InChI is InChI=1S/C11H22N2O3/c1-7-4-8(6-9(14)5-7)13-11(16)10(15)2-3-12/h7-10,14-15H,2-6,12H2,1H3,(H,13,16). The van der Waals surface area contributed by atoms with Gasteiger partial charge < -0.3 is 21.3 Å². The molecule has 5 nitrogen and oxygen atoms in total. The first-order valence-electron chi connectivity index (χ1n) is 5.89. The number of nitrogens with one attached hydrogen (secondary N) is 1. The van der Waals surface area contributed by atoms with Crippen molar-refractivity contribution in [2.75, 3.05) is 6.54 Å². The van der Waals surface area contributed by atoms with Crippen LogP contribution in [0.15, 0.2) is 0 Å². The number of nitrogens with two attached hydrogens (primary N) is 1. The van der Waals surface area contributed by atoms with E-state index in [0.29, 0.717) is 12.3 Å². The second-order valence-electron chi connectivity index (χ2n) is 4.76. The lowest BCUT2D eigenvalue weighted by molar-refractivity contribution is -0.130. The van der Waals surface area contributed by atoms with Gasteiger partial charge in [0.1, 0.15) is 6.10 Å². The number of rotatable bonds is 4. The molecule has 0 bridgehead atoms. The Balaban J connectivity index is 2.38. The average Bonchev–Trinajstić information content (AvgIpc) is 2.16. The molecule has 4 unspecified atom stereocenters. The van der Waals surface area contributed by atoms with Crippen LogP contribution in [-0.4, -0.2) is 40.9 Å². The minimum atomic E-state index is -1.03. The van der Waals surface area contributed by atoms with E-state index in [-0.39, 0.29) is 31.0 Å². The summed E-state index contributed by atoms with van der Waals surface area (Å²) in [6.45, 7) is 2.34. The van der Waals surface area contributed by atoms with Crippen molar-refractivity contribution < 1.29 is 15.0 Å². The molecule has 5 N–H and O–H groups in total. The predicted octanol–water partition coefficient (Wildman–Crippen LogP) is -0.638. The van der Waals surface area contributed by atoms with Gasteiger partial charge in [0.2, 0.25) is 5.91 Å². The zero-order valence-electron chi connectivity index (χ0n) is 9.72. The molecular weight excluding hydrogens is 208 g/mol. The average molecular weight is 230 g/mol. The molecule has 5 heteroatoms. The molecular formula is C11H22N2O3. The smallest absolute Gasteiger partial charge is 0.249 e. The monoisotopic (exact) mass is 230 g/mol. The van der Waals surface area contributed by atoms with E-state index in [1.807, 2.05) is 0 Å². The third kappa shape index (κ3) is 4.08. The van der Waals surface area contributed by atoms with Gasteiger partial charge in [0.05, 0.1) is 6.10 Å². The Morgan fingerprint density at radius 1 is 1.50 bits per heavy atom. The van der Waals surface area contributed by atoms with Crippen LogP contribution in [0.3, 0.4) is 0 Å². The van der Waals surface area contributed by atoms with E-state index in [2.05, 4.69) is 12.2 Å². The van der Waals surface area contributed by atoms with Crippen molar-refractivity contribution in [3.8, 4) is 0 Å². The Morgan fingerprint density at radius 3 is 2.75 bits per heavy atom. The Kier molecular flexibility index (Phi) is 5.18. The third-order valence-corrected chi connectivity index (χ3v) is 3.01. The summed E-state index contributed by atoms with van der Waals surface area (Å²) in [7, 11) is 0. The van der Waals surface area contributed by atoms with E-state index in [4.69, 9.17) is 5.73 Å². The van der Waals surface area contributed by atoms with Gasteiger partial charge in [-0.2, -0.15) is 0 Å². The molecule has 0 heterocycles. The van der Waals surface area contributed by atoms with Crippen LogP contribution in [0, 0.1) is 5.92 Å². The maximum Gasteiger partial charge on any atom is 0.249 e. The van der Waals surface area contributed by atoms with Crippen molar-refractivity contribution in [3.05, 3.63) is 0 Å². The summed E-state index contributed by atoms with van der Waals surface area (Å²) in [5, 5.41) is 21.8. The lowest BCUT2D eigenvalue weighted by Gasteiger charge is -2.31. The molecule has 1 aliphatic rings. The van der Waals surface area contributed by atoms with Gasteiger partial charge in [0, 0.05) is 6.04 Å². The molecule has 1 fully saturated rings. The first-order chi connectivity index (χ1) is 7.52. The van der Waals surface area contributed by atoms with Gasteiger partial charge in [0.15, 0.2) is 0 Å². The van der Waals surface area contributed by atoms with E-state index in [1.165, 1.54) is 0 Å². The topological polar surface area (TPSA) is 95.6 Å². The highest BCUT2D eigenvalue weighted by atomic mass is 16.3. The zero-order chi connectivity index (χ0) is 12.1. The highest BCUT2D eigenvalue weighted by Gasteiger charge is 2.27. The number of hydrogen-bond acceptors (Lipinski definition) is 4. The van der Waals surface area contributed by atoms with E-state index < -0.39 is 6.10 Å². The van der Waals surface area contributed by atoms with Gasteiger partial charge in [-0.05, 0) is 38.1 Å². The molecule has 16 heavy (non-hydrogen) atoms. The first kappa shape index (κ1) is 13.4. The highest BCUT2D eigenvalue weighted by molar-refractivity contribution is 5.80. The molecule has 0 aromatic heterocycles. The molecule has 1 rings (SSSR count). The van der Waals surface area contributed by atoms with Gasteiger partial charge in [-0.3, -0.25) is 4.79 Å². The minimum absolute atomic E-state index is 0.0290. The molecule has 1 saturated carbocycles. The molecule has 1 aliphatic carbocycles. The zero-order valence-corrected chi connectivity index (χ0v) is 9.72. The van der Waals surface area contributed by atoms with Crippen LogP contribution in [0.5, 0.6) is 0 Å². The number of hydrogen-bond donors (Lipinski definition) is 4. The normalized spacial score (nSPS) is 32.1. The van der Waals surface area contributed by atoms with Gasteiger partial charge in [0.25, 0.3) is 0 Å². The SMILES string of the molecule is CC1CC(O)CC(NC(=O)C(O)CCN)C1. The number of amides is 1. The lowest BCUT2D eigenvalue weighted by atomic mass is 9.85. The van der Waals surface area contributed by atoms with Crippen LogP contribution in [-0.2, 0) is 4.79 Å².